The van der Waals surface area contributed by atoms with Crippen molar-refractivity contribution in [2.75, 3.05) is 13.2 Å². The van der Waals surface area contributed by atoms with Crippen LogP contribution in [0.15, 0.2) is 72.8 Å². The maximum absolute atomic E-state index is 13.4. The fraction of sp³-hybridized carbons (Fsp3) is 0.259. The van der Waals surface area contributed by atoms with Crippen LogP contribution < -0.4 is 10.1 Å². The molecular formula is C27H27Cl2FN2O3. The molecule has 0 aliphatic carbocycles. The summed E-state index contributed by atoms with van der Waals surface area (Å²) in [4.78, 5) is 28.2. The minimum atomic E-state index is -0.789. The molecule has 0 saturated carbocycles. The second-order valence-corrected chi connectivity index (χ2v) is 8.82. The van der Waals surface area contributed by atoms with Gasteiger partial charge in [-0.25, -0.2) is 4.39 Å². The summed E-state index contributed by atoms with van der Waals surface area (Å²) in [5.74, 6) is -0.705. The highest BCUT2D eigenvalue weighted by molar-refractivity contribution is 6.42. The van der Waals surface area contributed by atoms with Gasteiger partial charge >= 0.3 is 0 Å². The molecule has 0 radical (unpaired) electrons. The highest BCUT2D eigenvalue weighted by atomic mass is 35.5. The molecule has 1 atom stereocenters. The van der Waals surface area contributed by atoms with Gasteiger partial charge in [-0.1, -0.05) is 66.5 Å². The van der Waals surface area contributed by atoms with Gasteiger partial charge in [-0.2, -0.15) is 0 Å². The molecule has 35 heavy (non-hydrogen) atoms. The fourth-order valence-corrected chi connectivity index (χ4v) is 3.83. The van der Waals surface area contributed by atoms with Gasteiger partial charge in [0.2, 0.25) is 5.91 Å². The molecule has 0 saturated heterocycles. The molecule has 3 aromatic rings. The quantitative estimate of drug-likeness (QED) is 0.356. The number of hydrogen-bond acceptors (Lipinski definition) is 3. The van der Waals surface area contributed by atoms with Crippen molar-refractivity contribution in [2.24, 2.45) is 0 Å². The minimum Gasteiger partial charge on any atom is -0.484 e. The van der Waals surface area contributed by atoms with Crippen LogP contribution >= 0.6 is 23.2 Å². The van der Waals surface area contributed by atoms with Gasteiger partial charge in [0.1, 0.15) is 17.6 Å². The van der Waals surface area contributed by atoms with Gasteiger partial charge in [0, 0.05) is 19.5 Å². The molecule has 184 valence electrons. The second kappa shape index (κ2) is 13.1. The summed E-state index contributed by atoms with van der Waals surface area (Å²) >= 11 is 12.3. The predicted molar refractivity (Wildman–Crippen MR) is 136 cm³/mol. The summed E-state index contributed by atoms with van der Waals surface area (Å²) in [7, 11) is 0. The Balaban J connectivity index is 1.90. The molecule has 0 spiro atoms. The highest BCUT2D eigenvalue weighted by Gasteiger charge is 2.30. The minimum absolute atomic E-state index is 0.125. The maximum atomic E-state index is 13.4. The van der Waals surface area contributed by atoms with Gasteiger partial charge in [-0.3, -0.25) is 9.59 Å². The van der Waals surface area contributed by atoms with Gasteiger partial charge in [0.15, 0.2) is 6.61 Å². The number of nitrogens with zero attached hydrogens (tertiary/aromatic N) is 1. The number of rotatable bonds is 11. The molecule has 3 aromatic carbocycles. The fourth-order valence-electron chi connectivity index (χ4n) is 3.51. The van der Waals surface area contributed by atoms with Crippen LogP contribution in [0.1, 0.15) is 24.5 Å². The Morgan fingerprint density at radius 2 is 1.69 bits per heavy atom. The van der Waals surface area contributed by atoms with Crippen LogP contribution in [-0.2, 0) is 22.6 Å². The zero-order valence-electron chi connectivity index (χ0n) is 19.3. The van der Waals surface area contributed by atoms with Crippen LogP contribution in [0.5, 0.6) is 5.75 Å². The monoisotopic (exact) mass is 516 g/mol. The predicted octanol–water partition coefficient (Wildman–Crippen LogP) is 5.68. The van der Waals surface area contributed by atoms with Crippen molar-refractivity contribution in [1.82, 2.24) is 10.2 Å². The van der Waals surface area contributed by atoms with Gasteiger partial charge in [0.25, 0.3) is 5.91 Å². The number of carbonyl (C=O) groups excluding carboxylic acids is 2. The van der Waals surface area contributed by atoms with Crippen molar-refractivity contribution in [3.63, 3.8) is 0 Å². The Kier molecular flexibility index (Phi) is 9.94. The summed E-state index contributed by atoms with van der Waals surface area (Å²) in [5, 5.41) is 3.67. The van der Waals surface area contributed by atoms with E-state index in [0.29, 0.717) is 28.8 Å². The molecule has 1 unspecified atom stereocenters. The molecular weight excluding hydrogens is 490 g/mol. The van der Waals surface area contributed by atoms with E-state index in [0.717, 1.165) is 17.5 Å². The summed E-state index contributed by atoms with van der Waals surface area (Å²) in [6.07, 6.45) is 1.08. The molecule has 0 aliphatic heterocycles. The first-order valence-corrected chi connectivity index (χ1v) is 12.1. The summed E-state index contributed by atoms with van der Waals surface area (Å²) in [6, 6.07) is 19.2. The van der Waals surface area contributed by atoms with Gasteiger partial charge < -0.3 is 15.0 Å². The third-order valence-electron chi connectivity index (χ3n) is 5.33. The smallest absolute Gasteiger partial charge is 0.261 e. The molecule has 0 heterocycles. The lowest BCUT2D eigenvalue weighted by Crippen LogP contribution is -2.51. The van der Waals surface area contributed by atoms with Crippen molar-refractivity contribution in [1.29, 1.82) is 0 Å². The maximum Gasteiger partial charge on any atom is 0.261 e. The Hall–Kier alpha value is -3.09. The Morgan fingerprint density at radius 3 is 2.34 bits per heavy atom. The Bertz CT molecular complexity index is 1130. The van der Waals surface area contributed by atoms with E-state index in [1.165, 1.54) is 29.2 Å². The lowest BCUT2D eigenvalue weighted by Gasteiger charge is -2.31. The third-order valence-corrected chi connectivity index (χ3v) is 6.07. The normalized spacial score (nSPS) is 11.5. The van der Waals surface area contributed by atoms with Crippen molar-refractivity contribution in [3.8, 4) is 5.75 Å². The summed E-state index contributed by atoms with van der Waals surface area (Å²) < 4.78 is 18.8. The SMILES string of the molecule is CCCNC(=O)C(Cc1ccccc1)N(Cc1ccc(Cl)c(Cl)c1)C(=O)COc1ccc(F)cc1. The van der Waals surface area contributed by atoms with Crippen LogP contribution in [0.25, 0.3) is 0 Å². The highest BCUT2D eigenvalue weighted by Crippen LogP contribution is 2.24. The van der Waals surface area contributed by atoms with E-state index in [-0.39, 0.29) is 19.1 Å². The van der Waals surface area contributed by atoms with E-state index in [1.807, 2.05) is 37.3 Å². The summed E-state index contributed by atoms with van der Waals surface area (Å²) in [5.41, 5.74) is 1.63. The Morgan fingerprint density at radius 1 is 0.971 bits per heavy atom. The van der Waals surface area contributed by atoms with Crippen LogP contribution in [0.3, 0.4) is 0 Å². The number of nitrogens with one attached hydrogen (secondary N) is 1. The average Bonchev–Trinajstić information content (AvgIpc) is 2.86. The van der Waals surface area contributed by atoms with Crippen LogP contribution in [0, 0.1) is 5.82 Å². The van der Waals surface area contributed by atoms with E-state index in [9.17, 15) is 14.0 Å². The van der Waals surface area contributed by atoms with Crippen molar-refractivity contribution in [3.05, 3.63) is 99.8 Å². The van der Waals surface area contributed by atoms with Gasteiger partial charge in [0.05, 0.1) is 10.0 Å². The zero-order valence-corrected chi connectivity index (χ0v) is 20.9. The molecule has 3 rings (SSSR count). The third kappa shape index (κ3) is 7.98. The molecule has 5 nitrogen and oxygen atoms in total. The molecule has 0 aliphatic rings. The largest absolute Gasteiger partial charge is 0.484 e. The lowest BCUT2D eigenvalue weighted by molar-refractivity contribution is -0.142. The summed E-state index contributed by atoms with van der Waals surface area (Å²) in [6.45, 7) is 2.26. The number of carbonyl (C=O) groups is 2. The topological polar surface area (TPSA) is 58.6 Å². The van der Waals surface area contributed by atoms with Crippen molar-refractivity contribution >= 4 is 35.0 Å². The average molecular weight is 517 g/mol. The second-order valence-electron chi connectivity index (χ2n) is 8.01. The van der Waals surface area contributed by atoms with Crippen molar-refractivity contribution < 1.29 is 18.7 Å². The molecule has 0 fully saturated rings. The van der Waals surface area contributed by atoms with E-state index >= 15 is 0 Å². The first-order valence-electron chi connectivity index (χ1n) is 11.3. The molecule has 2 amide bonds. The number of amides is 2. The van der Waals surface area contributed by atoms with E-state index in [1.54, 1.807) is 18.2 Å². The van der Waals surface area contributed by atoms with Crippen LogP contribution in [0.4, 0.5) is 4.39 Å². The number of halogens is 3. The first kappa shape index (κ1) is 26.5. The van der Waals surface area contributed by atoms with Crippen molar-refractivity contribution in [2.45, 2.75) is 32.4 Å². The zero-order chi connectivity index (χ0) is 25.2. The molecule has 0 aromatic heterocycles. The van der Waals surface area contributed by atoms with E-state index in [2.05, 4.69) is 5.32 Å². The molecule has 8 heteroatoms. The lowest BCUT2D eigenvalue weighted by atomic mass is 10.0. The van der Waals surface area contributed by atoms with Crippen LogP contribution in [0.2, 0.25) is 10.0 Å². The van der Waals surface area contributed by atoms with Gasteiger partial charge in [-0.05, 0) is 53.9 Å². The molecule has 0 bridgehead atoms. The number of ether oxygens (including phenoxy) is 1. The Labute approximate surface area is 214 Å². The first-order chi connectivity index (χ1) is 16.9. The van der Waals surface area contributed by atoms with Crippen LogP contribution in [-0.4, -0.2) is 35.9 Å². The van der Waals surface area contributed by atoms with E-state index in [4.69, 9.17) is 27.9 Å². The molecule has 1 N–H and O–H groups in total. The number of hydrogen-bond donors (Lipinski definition) is 1. The standard InChI is InChI=1S/C27H27Cl2FN2O3/c1-2-14-31-27(34)25(16-19-6-4-3-5-7-19)32(17-20-8-13-23(28)24(29)15-20)26(33)18-35-22-11-9-21(30)10-12-22/h3-13,15,25H,2,14,16-18H2,1H3,(H,31,34). The van der Waals surface area contributed by atoms with E-state index < -0.39 is 17.8 Å². The number of benzene rings is 3. The van der Waals surface area contributed by atoms with Gasteiger partial charge in [-0.15, -0.1) is 0 Å².